The van der Waals surface area contributed by atoms with Crippen LogP contribution in [0.2, 0.25) is 0 Å². The molecule has 0 unspecified atom stereocenters. The highest BCUT2D eigenvalue weighted by Crippen LogP contribution is 2.37. The van der Waals surface area contributed by atoms with Crippen molar-refractivity contribution < 1.29 is 0 Å². The Kier molecular flexibility index (Phi) is 7.87. The molecule has 11 rings (SSSR count). The van der Waals surface area contributed by atoms with Gasteiger partial charge in [0.05, 0.1) is 22.1 Å². The molecule has 57 heavy (non-hydrogen) atoms. The molecule has 0 radical (unpaired) electrons. The molecule has 0 aliphatic heterocycles. The Hall–Kier alpha value is -7.20. The molecule has 3 heteroatoms. The number of benzene rings is 9. The second-order valence-corrected chi connectivity index (χ2v) is 18.7. The highest BCUT2D eigenvalue weighted by Gasteiger charge is 2.41. The van der Waals surface area contributed by atoms with Crippen LogP contribution in [0, 0.1) is 0 Å². The Bertz CT molecular complexity index is 3120. The molecule has 9 aromatic carbocycles. The first-order valence-corrected chi connectivity index (χ1v) is 21.7. The molecule has 0 fully saturated rings. The molecular weight excluding hydrogens is 705 g/mol. The van der Waals surface area contributed by atoms with Gasteiger partial charge in [-0.1, -0.05) is 188 Å². The molecule has 2 aromatic heterocycles. The van der Waals surface area contributed by atoms with Crippen molar-refractivity contribution in [1.82, 2.24) is 9.13 Å². The quantitative estimate of drug-likeness (QED) is 0.114. The van der Waals surface area contributed by atoms with Crippen LogP contribution >= 0.6 is 0 Å². The smallest absolute Gasteiger partial charge is 0.179 e. The third kappa shape index (κ3) is 5.24. The van der Waals surface area contributed by atoms with E-state index >= 15 is 0 Å². The summed E-state index contributed by atoms with van der Waals surface area (Å²) in [4.78, 5) is 0. The number of aromatic nitrogens is 2. The van der Waals surface area contributed by atoms with Gasteiger partial charge < -0.3 is 9.13 Å². The number of para-hydroxylation sites is 2. The lowest BCUT2D eigenvalue weighted by molar-refractivity contribution is 1.15. The van der Waals surface area contributed by atoms with Crippen LogP contribution in [-0.2, 0) is 0 Å². The van der Waals surface area contributed by atoms with E-state index in [1.165, 1.54) is 75.5 Å². The first-order chi connectivity index (χ1) is 28.3. The summed E-state index contributed by atoms with van der Waals surface area (Å²) >= 11 is 0. The fraction of sp³-hybridized carbons (Fsp3) is 0. The van der Waals surface area contributed by atoms with Gasteiger partial charge in [0.2, 0.25) is 0 Å². The average Bonchev–Trinajstić information content (AvgIpc) is 3.80. The van der Waals surface area contributed by atoms with Gasteiger partial charge in [0.15, 0.2) is 8.07 Å². The Labute approximate surface area is 333 Å². The highest BCUT2D eigenvalue weighted by molar-refractivity contribution is 7.20. The van der Waals surface area contributed by atoms with Crippen LogP contribution in [0.4, 0.5) is 0 Å². The molecule has 0 spiro atoms. The summed E-state index contributed by atoms with van der Waals surface area (Å²) in [7, 11) is -2.72. The number of fused-ring (bicyclic) bond motifs is 6. The van der Waals surface area contributed by atoms with Gasteiger partial charge in [0, 0.05) is 32.9 Å². The molecule has 0 saturated heterocycles. The first kappa shape index (κ1) is 33.2. The molecule has 0 aliphatic rings. The van der Waals surface area contributed by atoms with Crippen molar-refractivity contribution in [2.75, 3.05) is 0 Å². The molecule has 2 nitrogen and oxygen atoms in total. The minimum Gasteiger partial charge on any atom is -0.309 e. The lowest BCUT2D eigenvalue weighted by atomic mass is 10.1. The summed E-state index contributed by atoms with van der Waals surface area (Å²) in [5, 5.41) is 10.5. The van der Waals surface area contributed by atoms with E-state index in [0.717, 1.165) is 11.4 Å². The fourth-order valence-electron chi connectivity index (χ4n) is 9.38. The van der Waals surface area contributed by atoms with Gasteiger partial charge in [-0.3, -0.25) is 0 Å². The predicted molar refractivity (Wildman–Crippen MR) is 244 cm³/mol. The minimum absolute atomic E-state index is 1.14. The summed E-state index contributed by atoms with van der Waals surface area (Å²) in [6.07, 6.45) is 0. The van der Waals surface area contributed by atoms with Crippen LogP contribution in [0.5, 0.6) is 0 Å². The summed E-state index contributed by atoms with van der Waals surface area (Å²) in [5.74, 6) is 0. The SMILES string of the molecule is c1ccc(-c2cccc(-n3c4ccccc4c4ccc(-n5c6ccccc6c6cc([Si](c7ccccc7)(c7ccccc7)c7ccccc7)ccc65)cc43)c2)cc1. The molecular formula is C54H38N2Si. The maximum Gasteiger partial charge on any atom is 0.179 e. The molecule has 2 heterocycles. The zero-order chi connectivity index (χ0) is 37.8. The van der Waals surface area contributed by atoms with Gasteiger partial charge in [-0.15, -0.1) is 0 Å². The Morgan fingerprint density at radius 1 is 0.246 bits per heavy atom. The molecule has 0 atom stereocenters. The first-order valence-electron chi connectivity index (χ1n) is 19.7. The standard InChI is InChI=1S/C54H38N2Si/c1-5-18-39(19-6-1)40-20-17-21-41(36-40)56-51-30-15-13-28-47(51)49-34-32-42(37-54(49)56)55-52-31-16-14-29-48(52)50-38-46(33-35-53(50)55)57(43-22-7-2-8-23-43,44-24-9-3-10-25-44)45-26-11-4-12-27-45/h1-38H. The van der Waals surface area contributed by atoms with E-state index in [0.29, 0.717) is 0 Å². The Morgan fingerprint density at radius 3 is 1.32 bits per heavy atom. The van der Waals surface area contributed by atoms with Crippen molar-refractivity contribution in [3.63, 3.8) is 0 Å². The molecule has 0 saturated carbocycles. The topological polar surface area (TPSA) is 9.86 Å². The van der Waals surface area contributed by atoms with Gasteiger partial charge in [-0.2, -0.15) is 0 Å². The van der Waals surface area contributed by atoms with Crippen molar-refractivity contribution in [2.45, 2.75) is 0 Å². The summed E-state index contributed by atoms with van der Waals surface area (Å²) < 4.78 is 4.90. The second-order valence-electron chi connectivity index (χ2n) is 14.9. The van der Waals surface area contributed by atoms with Crippen LogP contribution in [0.3, 0.4) is 0 Å². The van der Waals surface area contributed by atoms with Crippen LogP contribution in [0.1, 0.15) is 0 Å². The minimum atomic E-state index is -2.72. The summed E-state index contributed by atoms with van der Waals surface area (Å²) in [6.45, 7) is 0. The van der Waals surface area contributed by atoms with Crippen molar-refractivity contribution in [3.8, 4) is 22.5 Å². The molecule has 268 valence electrons. The average molecular weight is 743 g/mol. The third-order valence-corrected chi connectivity index (χ3v) is 16.6. The lowest BCUT2D eigenvalue weighted by Gasteiger charge is -2.34. The van der Waals surface area contributed by atoms with Gasteiger partial charge in [-0.25, -0.2) is 0 Å². The third-order valence-electron chi connectivity index (χ3n) is 11.9. The van der Waals surface area contributed by atoms with E-state index in [1.54, 1.807) is 0 Å². The van der Waals surface area contributed by atoms with Gasteiger partial charge in [0.25, 0.3) is 0 Å². The van der Waals surface area contributed by atoms with Crippen LogP contribution in [0.15, 0.2) is 231 Å². The number of hydrogen-bond acceptors (Lipinski definition) is 0. The summed E-state index contributed by atoms with van der Waals surface area (Å²) in [5.41, 5.74) is 9.49. The van der Waals surface area contributed by atoms with Crippen molar-refractivity contribution in [2.24, 2.45) is 0 Å². The monoisotopic (exact) mass is 742 g/mol. The Balaban J connectivity index is 1.16. The zero-order valence-corrected chi connectivity index (χ0v) is 32.3. The van der Waals surface area contributed by atoms with Gasteiger partial charge >= 0.3 is 0 Å². The normalized spacial score (nSPS) is 11.9. The zero-order valence-electron chi connectivity index (χ0n) is 31.3. The number of rotatable bonds is 7. The molecule has 0 N–H and O–H groups in total. The predicted octanol–water partition coefficient (Wildman–Crippen LogP) is 10.9. The maximum absolute atomic E-state index is 2.72. The second kappa shape index (κ2) is 13.5. The largest absolute Gasteiger partial charge is 0.309 e. The highest BCUT2D eigenvalue weighted by atomic mass is 28.3. The van der Waals surface area contributed by atoms with E-state index in [1.807, 2.05) is 0 Å². The van der Waals surface area contributed by atoms with Gasteiger partial charge in [0.1, 0.15) is 0 Å². The summed E-state index contributed by atoms with van der Waals surface area (Å²) in [6, 6.07) is 85.2. The van der Waals surface area contributed by atoms with Crippen molar-refractivity contribution in [3.05, 3.63) is 231 Å². The van der Waals surface area contributed by atoms with E-state index in [4.69, 9.17) is 0 Å². The van der Waals surface area contributed by atoms with Gasteiger partial charge in [-0.05, 0) is 74.3 Å². The molecule has 11 aromatic rings. The van der Waals surface area contributed by atoms with Crippen LogP contribution in [-0.4, -0.2) is 17.2 Å². The van der Waals surface area contributed by atoms with Crippen LogP contribution < -0.4 is 20.7 Å². The number of nitrogens with zero attached hydrogens (tertiary/aromatic N) is 2. The molecule has 0 bridgehead atoms. The van der Waals surface area contributed by atoms with Crippen LogP contribution in [0.25, 0.3) is 66.1 Å². The van der Waals surface area contributed by atoms with E-state index in [-0.39, 0.29) is 0 Å². The van der Waals surface area contributed by atoms with E-state index < -0.39 is 8.07 Å². The molecule has 0 amide bonds. The van der Waals surface area contributed by atoms with E-state index in [9.17, 15) is 0 Å². The Morgan fingerprint density at radius 2 is 0.702 bits per heavy atom. The number of hydrogen-bond donors (Lipinski definition) is 0. The fourth-order valence-corrected chi connectivity index (χ4v) is 14.2. The molecule has 0 aliphatic carbocycles. The van der Waals surface area contributed by atoms with Crippen molar-refractivity contribution in [1.29, 1.82) is 0 Å². The van der Waals surface area contributed by atoms with Crippen molar-refractivity contribution >= 4 is 72.4 Å². The maximum atomic E-state index is 2.51. The van der Waals surface area contributed by atoms with E-state index in [2.05, 4.69) is 240 Å². The lowest BCUT2D eigenvalue weighted by Crippen LogP contribution is -2.74.